The number of hydrogen-bond acceptors (Lipinski definition) is 2. The molecule has 0 bridgehead atoms. The van der Waals surface area contributed by atoms with Crippen LogP contribution >= 0.6 is 55.1 Å². The molecule has 0 saturated carbocycles. The molecule has 8 heteroatoms. The summed E-state index contributed by atoms with van der Waals surface area (Å²) in [6.45, 7) is 0. The topological polar surface area (TPSA) is 40.9 Å². The first-order chi connectivity index (χ1) is 10.3. The number of rotatable bonds is 1. The summed E-state index contributed by atoms with van der Waals surface area (Å²) in [5.74, 6) is -1.23. The van der Waals surface area contributed by atoms with E-state index in [1.165, 1.54) is 24.3 Å². The van der Waals surface area contributed by atoms with Crippen molar-refractivity contribution in [1.29, 1.82) is 5.26 Å². The third kappa shape index (κ3) is 6.14. The Morgan fingerprint density at radius 2 is 1.42 bits per heavy atom. The first-order valence-electron chi connectivity index (χ1n) is 5.45. The van der Waals surface area contributed by atoms with E-state index in [0.717, 1.165) is 0 Å². The largest absolute Gasteiger partial charge is 0.298 e. The number of benzene rings is 2. The molecule has 0 aliphatic rings. The van der Waals surface area contributed by atoms with E-state index in [4.69, 9.17) is 28.5 Å². The molecule has 130 valence electrons. The minimum atomic E-state index is -0.618. The second kappa shape index (κ2) is 11.5. The van der Waals surface area contributed by atoms with Crippen molar-refractivity contribution in [3.8, 4) is 6.07 Å². The lowest BCUT2D eigenvalue weighted by molar-refractivity contribution is 0.112. The van der Waals surface area contributed by atoms with Crippen LogP contribution in [0, 0.1) is 23.0 Å². The molecule has 0 heterocycles. The molecule has 0 atom stereocenters. The Hall–Kier alpha value is -1.000. The molecular weight excluding hydrogens is 491 g/mol. The van der Waals surface area contributed by atoms with Crippen molar-refractivity contribution in [2.24, 2.45) is 0 Å². The molecule has 0 unspecified atom stereocenters. The van der Waals surface area contributed by atoms with Gasteiger partial charge in [0.25, 0.3) is 0 Å². The van der Waals surface area contributed by atoms with E-state index in [2.05, 4.69) is 31.9 Å². The van der Waals surface area contributed by atoms with Crippen molar-refractivity contribution in [3.05, 3.63) is 66.0 Å². The van der Waals surface area contributed by atoms with Gasteiger partial charge >= 0.3 is 0 Å². The molecule has 2 aromatic carbocycles. The van der Waals surface area contributed by atoms with Crippen LogP contribution < -0.4 is 0 Å². The molecule has 0 amide bonds. The van der Waals surface area contributed by atoms with Gasteiger partial charge in [-0.05, 0) is 56.1 Å². The van der Waals surface area contributed by atoms with Crippen molar-refractivity contribution in [2.45, 2.75) is 14.9 Å². The summed E-state index contributed by atoms with van der Waals surface area (Å²) in [5.41, 5.74) is -0.234. The molecule has 2 rings (SSSR count). The van der Waals surface area contributed by atoms with Gasteiger partial charge in [0.05, 0.1) is 24.6 Å². The molecule has 0 aliphatic carbocycles. The third-order valence-corrected chi connectivity index (χ3v) is 4.22. The first kappa shape index (κ1) is 25.2. The van der Waals surface area contributed by atoms with Crippen molar-refractivity contribution < 1.29 is 13.6 Å². The van der Waals surface area contributed by atoms with Gasteiger partial charge in [0, 0.05) is 0 Å². The molecular formula is C16H13Br2Cl2F2NO. The van der Waals surface area contributed by atoms with E-state index >= 15 is 0 Å². The van der Waals surface area contributed by atoms with E-state index in [9.17, 15) is 13.6 Å². The Morgan fingerprint density at radius 3 is 1.79 bits per heavy atom. The van der Waals surface area contributed by atoms with Gasteiger partial charge < -0.3 is 0 Å². The fraction of sp³-hybridized carbons (Fsp3) is 0.125. The van der Waals surface area contributed by atoms with Gasteiger partial charge in [-0.2, -0.15) is 5.26 Å². The van der Waals surface area contributed by atoms with E-state index in [1.54, 1.807) is 6.07 Å². The lowest BCUT2D eigenvalue weighted by Crippen LogP contribution is -1.89. The predicted molar refractivity (Wildman–Crippen MR) is 102 cm³/mol. The van der Waals surface area contributed by atoms with Crippen LogP contribution in [-0.4, -0.2) is 6.29 Å². The summed E-state index contributed by atoms with van der Waals surface area (Å²) in [5, 5.41) is 8.69. The molecule has 2 aromatic rings. The van der Waals surface area contributed by atoms with Crippen molar-refractivity contribution in [3.63, 3.8) is 0 Å². The second-order valence-corrected chi connectivity index (χ2v) is 6.23. The minimum absolute atomic E-state index is 0. The van der Waals surface area contributed by atoms with Gasteiger partial charge in [-0.3, -0.25) is 4.79 Å². The maximum atomic E-state index is 12.9. The van der Waals surface area contributed by atoms with Gasteiger partial charge in [0.1, 0.15) is 17.4 Å². The van der Waals surface area contributed by atoms with Crippen LogP contribution in [0.15, 0.2) is 33.2 Å². The summed E-state index contributed by atoms with van der Waals surface area (Å²) < 4.78 is 26.3. The monoisotopic (exact) mass is 501 g/mol. The van der Waals surface area contributed by atoms with Crippen LogP contribution in [0.3, 0.4) is 0 Å². The van der Waals surface area contributed by atoms with Crippen LogP contribution in [0.5, 0.6) is 0 Å². The van der Waals surface area contributed by atoms with E-state index < -0.39 is 11.6 Å². The zero-order valence-corrected chi connectivity index (χ0v) is 15.2. The highest BCUT2D eigenvalue weighted by Crippen LogP contribution is 2.25. The molecule has 0 fully saturated rings. The fourth-order valence-corrected chi connectivity index (χ4v) is 2.34. The Bertz CT molecular complexity index is 765. The maximum Gasteiger partial charge on any atom is 0.156 e. The number of nitrogens with zero attached hydrogens (tertiary/aromatic N) is 1. The van der Waals surface area contributed by atoms with E-state index in [-0.39, 0.29) is 45.0 Å². The van der Waals surface area contributed by atoms with Crippen molar-refractivity contribution in [2.75, 3.05) is 0 Å². The van der Waals surface area contributed by atoms with Gasteiger partial charge in [0.15, 0.2) is 12.1 Å². The number of hydrogen-bond donors (Lipinski definition) is 0. The van der Waals surface area contributed by atoms with Gasteiger partial charge in [-0.15, -0.1) is 0 Å². The average Bonchev–Trinajstić information content (AvgIpc) is 2.49. The molecule has 24 heavy (non-hydrogen) atoms. The number of halogens is 6. The third-order valence-electron chi connectivity index (χ3n) is 2.35. The van der Waals surface area contributed by atoms with Crippen LogP contribution in [0.2, 0.25) is 10.0 Å². The van der Waals surface area contributed by atoms with Crippen molar-refractivity contribution >= 4 is 61.3 Å². The van der Waals surface area contributed by atoms with E-state index in [0.29, 0.717) is 6.29 Å². The standard InChI is InChI=1S/C7H2BrClFN.C7H3BrClFO.2CH4/c2*8-5-1-2-6(9)4(3-11)7(5)10;;/h1-2H;1-3H;2*1H4. The molecule has 0 radical (unpaired) electrons. The molecule has 0 spiro atoms. The van der Waals surface area contributed by atoms with Crippen LogP contribution in [0.4, 0.5) is 8.78 Å². The highest BCUT2D eigenvalue weighted by molar-refractivity contribution is 9.10. The second-order valence-electron chi connectivity index (χ2n) is 3.70. The fourth-order valence-electron chi connectivity index (χ4n) is 1.28. The average molecular weight is 504 g/mol. The zero-order valence-electron chi connectivity index (χ0n) is 10.5. The number of nitriles is 1. The van der Waals surface area contributed by atoms with E-state index in [1.807, 2.05) is 0 Å². The normalized spacial score (nSPS) is 8.71. The highest BCUT2D eigenvalue weighted by Gasteiger charge is 2.09. The smallest absolute Gasteiger partial charge is 0.156 e. The molecule has 0 aliphatic heterocycles. The number of carbonyl (C=O) groups excluding carboxylic acids is 1. The molecule has 2 nitrogen and oxygen atoms in total. The van der Waals surface area contributed by atoms with Crippen LogP contribution in [-0.2, 0) is 0 Å². The number of aldehydes is 1. The van der Waals surface area contributed by atoms with Gasteiger partial charge in [0.2, 0.25) is 0 Å². The Morgan fingerprint density at radius 1 is 0.958 bits per heavy atom. The van der Waals surface area contributed by atoms with Crippen molar-refractivity contribution in [1.82, 2.24) is 0 Å². The summed E-state index contributed by atoms with van der Waals surface area (Å²) in [6, 6.07) is 7.50. The quantitative estimate of drug-likeness (QED) is 0.300. The Balaban J connectivity index is 0. The van der Waals surface area contributed by atoms with Crippen LogP contribution in [0.25, 0.3) is 0 Å². The summed E-state index contributed by atoms with van der Waals surface area (Å²) in [7, 11) is 0. The van der Waals surface area contributed by atoms with Gasteiger partial charge in [-0.25, -0.2) is 8.78 Å². The first-order valence-corrected chi connectivity index (χ1v) is 7.80. The SMILES string of the molecule is C.C.N#Cc1c(Cl)ccc(Br)c1F.O=Cc1c(Cl)ccc(Br)c1F. The highest BCUT2D eigenvalue weighted by atomic mass is 79.9. The number of carbonyl (C=O) groups is 1. The Kier molecular flexibility index (Phi) is 12.1. The summed E-state index contributed by atoms with van der Waals surface area (Å²) >= 11 is 16.9. The lowest BCUT2D eigenvalue weighted by Gasteiger charge is -1.98. The zero-order chi connectivity index (χ0) is 16.9. The van der Waals surface area contributed by atoms with Crippen LogP contribution in [0.1, 0.15) is 30.8 Å². The minimum Gasteiger partial charge on any atom is -0.298 e. The Labute approximate surface area is 166 Å². The maximum absolute atomic E-state index is 12.9. The van der Waals surface area contributed by atoms with Gasteiger partial charge in [-0.1, -0.05) is 38.1 Å². The molecule has 0 aromatic heterocycles. The lowest BCUT2D eigenvalue weighted by atomic mass is 10.2. The predicted octanol–water partition coefficient (Wildman–Crippen LogP) is 7.44. The summed E-state index contributed by atoms with van der Waals surface area (Å²) in [6.07, 6.45) is 0.391. The molecule has 0 saturated heterocycles. The molecule has 0 N–H and O–H groups in total. The summed E-state index contributed by atoms with van der Waals surface area (Å²) in [4.78, 5) is 10.3.